The van der Waals surface area contributed by atoms with Crippen LogP contribution in [0.5, 0.6) is 5.75 Å². The van der Waals surface area contributed by atoms with Crippen LogP contribution in [0.15, 0.2) is 54.6 Å². The molecule has 0 spiro atoms. The summed E-state index contributed by atoms with van der Waals surface area (Å²) in [6.07, 6.45) is 0. The first kappa shape index (κ1) is 21.4. The van der Waals surface area contributed by atoms with Crippen molar-refractivity contribution < 1.29 is 19.3 Å². The van der Waals surface area contributed by atoms with Crippen LogP contribution in [0.4, 0.5) is 0 Å². The molecule has 164 valence electrons. The molecule has 2 aromatic carbocycles. The fourth-order valence-corrected chi connectivity index (χ4v) is 4.39. The molecule has 2 heterocycles. The predicted octanol–water partition coefficient (Wildman–Crippen LogP) is -0.599. The minimum Gasteiger partial charge on any atom is -0.497 e. The van der Waals surface area contributed by atoms with Crippen LogP contribution in [0.3, 0.4) is 0 Å². The molecule has 8 heteroatoms. The molecule has 8 nitrogen and oxygen atoms in total. The highest BCUT2D eigenvalue weighted by atomic mass is 16.5. The fourth-order valence-electron chi connectivity index (χ4n) is 4.39. The minimum atomic E-state index is 0.0797. The highest BCUT2D eigenvalue weighted by Crippen LogP contribution is 2.20. The van der Waals surface area contributed by atoms with Gasteiger partial charge < -0.3 is 19.3 Å². The number of benzene rings is 2. The Kier molecular flexibility index (Phi) is 7.24. The molecule has 0 amide bonds. The summed E-state index contributed by atoms with van der Waals surface area (Å²) < 4.78 is 12.5. The third-order valence-electron chi connectivity index (χ3n) is 6.08. The van der Waals surface area contributed by atoms with Gasteiger partial charge in [0, 0.05) is 18.2 Å². The van der Waals surface area contributed by atoms with E-state index in [4.69, 9.17) is 9.47 Å². The van der Waals surface area contributed by atoms with E-state index < -0.39 is 0 Å². The zero-order valence-electron chi connectivity index (χ0n) is 18.3. The molecular weight excluding hydrogens is 392 g/mol. The molecule has 3 aromatic rings. The van der Waals surface area contributed by atoms with E-state index >= 15 is 0 Å². The normalized spacial score (nSPS) is 19.8. The van der Waals surface area contributed by atoms with Gasteiger partial charge in [-0.25, -0.2) is 4.68 Å². The number of nitrogens with one attached hydrogen (secondary N) is 2. The minimum absolute atomic E-state index is 0.0797. The number of hydrogen-bond acceptors (Lipinski definition) is 5. The molecule has 31 heavy (non-hydrogen) atoms. The van der Waals surface area contributed by atoms with Crippen molar-refractivity contribution in [2.75, 3.05) is 47.0 Å². The van der Waals surface area contributed by atoms with E-state index in [1.165, 1.54) is 16.0 Å². The Morgan fingerprint density at radius 1 is 0.968 bits per heavy atom. The first-order valence-corrected chi connectivity index (χ1v) is 10.9. The lowest BCUT2D eigenvalue weighted by Crippen LogP contribution is -3.27. The summed E-state index contributed by atoms with van der Waals surface area (Å²) in [6, 6.07) is 19.1. The van der Waals surface area contributed by atoms with Crippen LogP contribution >= 0.6 is 0 Å². The summed E-state index contributed by atoms with van der Waals surface area (Å²) in [6.45, 7) is 6.67. The van der Waals surface area contributed by atoms with E-state index in [-0.39, 0.29) is 6.04 Å². The van der Waals surface area contributed by atoms with Crippen molar-refractivity contribution in [1.29, 1.82) is 0 Å². The van der Waals surface area contributed by atoms with Crippen LogP contribution in [0.1, 0.15) is 23.0 Å². The highest BCUT2D eigenvalue weighted by Gasteiger charge is 2.35. The lowest BCUT2D eigenvalue weighted by Gasteiger charge is -2.34. The van der Waals surface area contributed by atoms with Gasteiger partial charge in [-0.15, -0.1) is 5.10 Å². The molecule has 1 fully saturated rings. The van der Waals surface area contributed by atoms with Crippen molar-refractivity contribution in [2.45, 2.75) is 19.1 Å². The van der Waals surface area contributed by atoms with Gasteiger partial charge in [-0.2, -0.15) is 0 Å². The molecule has 0 aliphatic carbocycles. The summed E-state index contributed by atoms with van der Waals surface area (Å²) in [5, 5.41) is 12.7. The Morgan fingerprint density at radius 3 is 2.39 bits per heavy atom. The van der Waals surface area contributed by atoms with E-state index in [0.29, 0.717) is 13.2 Å². The summed E-state index contributed by atoms with van der Waals surface area (Å²) in [5.74, 6) is 1.75. The van der Waals surface area contributed by atoms with Gasteiger partial charge in [0.2, 0.25) is 5.82 Å². The van der Waals surface area contributed by atoms with E-state index in [1.54, 1.807) is 19.1 Å². The summed E-state index contributed by atoms with van der Waals surface area (Å²) in [4.78, 5) is 3.12. The number of nitrogens with zero attached hydrogens (tertiary/aromatic N) is 4. The van der Waals surface area contributed by atoms with Gasteiger partial charge in [-0.1, -0.05) is 30.3 Å². The van der Waals surface area contributed by atoms with Gasteiger partial charge in [-0.05, 0) is 34.7 Å². The van der Waals surface area contributed by atoms with E-state index in [1.807, 2.05) is 16.8 Å². The molecule has 1 atom stereocenters. The van der Waals surface area contributed by atoms with Crippen molar-refractivity contribution in [1.82, 2.24) is 20.2 Å². The maximum Gasteiger partial charge on any atom is 0.214 e. The molecule has 1 aromatic heterocycles. The van der Waals surface area contributed by atoms with Crippen molar-refractivity contribution in [3.8, 4) is 5.75 Å². The Labute approximate surface area is 183 Å². The first-order valence-electron chi connectivity index (χ1n) is 10.9. The van der Waals surface area contributed by atoms with Crippen molar-refractivity contribution in [2.24, 2.45) is 0 Å². The zero-order chi connectivity index (χ0) is 21.5. The van der Waals surface area contributed by atoms with Crippen LogP contribution in [-0.2, 0) is 17.8 Å². The number of methoxy groups -OCH3 is 2. The van der Waals surface area contributed by atoms with E-state index in [2.05, 4.69) is 58.0 Å². The van der Waals surface area contributed by atoms with Gasteiger partial charge in [0.15, 0.2) is 6.04 Å². The van der Waals surface area contributed by atoms with Gasteiger partial charge >= 0.3 is 0 Å². The Balaban J connectivity index is 1.53. The van der Waals surface area contributed by atoms with Crippen molar-refractivity contribution in [3.63, 3.8) is 0 Å². The number of aromatic nitrogens is 4. The Bertz CT molecular complexity index is 923. The van der Waals surface area contributed by atoms with Crippen LogP contribution < -0.4 is 14.5 Å². The highest BCUT2D eigenvalue weighted by molar-refractivity contribution is 5.30. The fraction of sp³-hybridized carbons (Fsp3) is 0.435. The summed E-state index contributed by atoms with van der Waals surface area (Å²) in [7, 11) is 3.39. The molecule has 1 aliphatic heterocycles. The second-order valence-electron chi connectivity index (χ2n) is 8.03. The number of ether oxygens (including phenoxy) is 2. The average Bonchev–Trinajstić information content (AvgIpc) is 3.28. The molecular formula is C23H32N6O2+2. The number of piperazine rings is 1. The summed E-state index contributed by atoms with van der Waals surface area (Å²) in [5.41, 5.74) is 2.60. The monoisotopic (exact) mass is 424 g/mol. The number of tetrazole rings is 1. The first-order chi connectivity index (χ1) is 15.3. The Morgan fingerprint density at radius 2 is 1.71 bits per heavy atom. The lowest BCUT2D eigenvalue weighted by atomic mass is 10.0. The van der Waals surface area contributed by atoms with Crippen LogP contribution in [0.25, 0.3) is 0 Å². The molecule has 0 saturated carbocycles. The third kappa shape index (κ3) is 5.28. The van der Waals surface area contributed by atoms with Gasteiger partial charge in [0.1, 0.15) is 38.5 Å². The number of hydrogen-bond donors (Lipinski definition) is 2. The molecule has 4 rings (SSSR count). The molecule has 0 unspecified atom stereocenters. The van der Waals surface area contributed by atoms with Crippen LogP contribution in [0.2, 0.25) is 0 Å². The second-order valence-corrected chi connectivity index (χ2v) is 8.03. The summed E-state index contributed by atoms with van der Waals surface area (Å²) >= 11 is 0. The molecule has 1 aliphatic rings. The predicted molar refractivity (Wildman–Crippen MR) is 116 cm³/mol. The molecule has 0 radical (unpaired) electrons. The maximum atomic E-state index is 5.36. The quantitative estimate of drug-likeness (QED) is 0.480. The number of quaternary nitrogens is 2. The van der Waals surface area contributed by atoms with E-state index in [0.717, 1.165) is 44.3 Å². The average molecular weight is 425 g/mol. The topological polar surface area (TPSA) is 70.9 Å². The maximum absolute atomic E-state index is 5.36. The number of rotatable bonds is 9. The van der Waals surface area contributed by atoms with Gasteiger partial charge in [0.25, 0.3) is 0 Å². The largest absolute Gasteiger partial charge is 0.497 e. The SMILES string of the molecule is COCCn1nnnc1[C@@H](c1ccc(OC)cc1)[NH+]1CC[NH+](Cc2ccccc2)CC1. The molecule has 0 bridgehead atoms. The molecule has 1 saturated heterocycles. The van der Waals surface area contributed by atoms with Gasteiger partial charge in [-0.3, -0.25) is 0 Å². The lowest BCUT2D eigenvalue weighted by molar-refractivity contribution is -1.03. The second kappa shape index (κ2) is 10.5. The Hall–Kier alpha value is -2.81. The van der Waals surface area contributed by atoms with Crippen molar-refractivity contribution in [3.05, 3.63) is 71.5 Å². The molecule has 2 N–H and O–H groups in total. The smallest absolute Gasteiger partial charge is 0.214 e. The van der Waals surface area contributed by atoms with Gasteiger partial charge in [0.05, 0.1) is 20.3 Å². The third-order valence-corrected chi connectivity index (χ3v) is 6.08. The standard InChI is InChI=1S/C23H30N6O2/c1-30-17-16-29-23(24-25-26-29)22(20-8-10-21(31-2)11-9-20)28-14-12-27(13-15-28)18-19-6-4-3-5-7-19/h3-11,22H,12-18H2,1-2H3/p+2/t22-/m1/s1. The zero-order valence-corrected chi connectivity index (χ0v) is 18.3. The van der Waals surface area contributed by atoms with E-state index in [9.17, 15) is 0 Å². The van der Waals surface area contributed by atoms with Crippen LogP contribution in [0, 0.1) is 0 Å². The van der Waals surface area contributed by atoms with Crippen LogP contribution in [-0.4, -0.2) is 67.2 Å². The van der Waals surface area contributed by atoms with Crippen molar-refractivity contribution >= 4 is 0 Å².